The van der Waals surface area contributed by atoms with Gasteiger partial charge in [0.05, 0.1) is 0 Å². The van der Waals surface area contributed by atoms with Gasteiger partial charge in [-0.25, -0.2) is 0 Å². The van der Waals surface area contributed by atoms with Gasteiger partial charge in [0.2, 0.25) is 0 Å². The molecule has 2 nitrogen and oxygen atoms in total. The Morgan fingerprint density at radius 2 is 1.48 bits per heavy atom. The van der Waals surface area contributed by atoms with Crippen LogP contribution in [0.3, 0.4) is 0 Å². The number of pyridine rings is 2. The Bertz CT molecular complexity index is 2060. The third kappa shape index (κ3) is 7.58. The maximum atomic E-state index is 4.62. The number of aromatic nitrogens is 2. The topological polar surface area (TPSA) is 25.8 Å². The van der Waals surface area contributed by atoms with Crippen molar-refractivity contribution >= 4 is 49.2 Å². The van der Waals surface area contributed by atoms with Crippen molar-refractivity contribution < 1.29 is 20.1 Å². The van der Waals surface area contributed by atoms with E-state index in [9.17, 15) is 0 Å². The average molecular weight is 856 g/mol. The summed E-state index contributed by atoms with van der Waals surface area (Å²) in [5.41, 5.74) is 8.05. The molecule has 3 aromatic heterocycles. The molecular weight excluding hydrogens is 817 g/mol. The predicted octanol–water partition coefficient (Wildman–Crippen LogP) is 11.0. The van der Waals surface area contributed by atoms with Crippen LogP contribution in [0.4, 0.5) is 0 Å². The molecule has 233 valence electrons. The van der Waals surface area contributed by atoms with Crippen molar-refractivity contribution in [2.45, 2.75) is 43.5 Å². The van der Waals surface area contributed by atoms with E-state index in [0.717, 1.165) is 22.5 Å². The summed E-state index contributed by atoms with van der Waals surface area (Å²) in [4.78, 5) is 9.15. The van der Waals surface area contributed by atoms with E-state index in [2.05, 4.69) is 145 Å². The molecule has 0 unspecified atom stereocenters. The Hall–Kier alpha value is -3.41. The van der Waals surface area contributed by atoms with E-state index in [1.807, 2.05) is 48.0 Å². The van der Waals surface area contributed by atoms with Crippen molar-refractivity contribution in [3.8, 4) is 33.6 Å². The molecule has 0 aliphatic heterocycles. The average Bonchev–Trinajstić information content (AvgIpc) is 3.43. The van der Waals surface area contributed by atoms with Crippen molar-refractivity contribution in [1.29, 1.82) is 0 Å². The Morgan fingerprint density at radius 3 is 2.15 bits per heavy atom. The minimum atomic E-state index is -1.72. The first-order chi connectivity index (χ1) is 21.6. The molecule has 7 rings (SSSR count). The van der Waals surface area contributed by atoms with Crippen LogP contribution in [0.5, 0.6) is 0 Å². The van der Waals surface area contributed by atoms with Gasteiger partial charge >= 0.3 is 99.8 Å². The summed E-state index contributed by atoms with van der Waals surface area (Å²) in [5.74, 6) is 7.14. The number of hydrogen-bond acceptors (Lipinski definition) is 3. The largest absolute Gasteiger partial charge is 0 e. The van der Waals surface area contributed by atoms with Gasteiger partial charge in [-0.1, -0.05) is 80.8 Å². The van der Waals surface area contributed by atoms with E-state index in [0.29, 0.717) is 0 Å². The maximum Gasteiger partial charge on any atom is 0 e. The van der Waals surface area contributed by atoms with E-state index < -0.39 is 13.3 Å². The first kappa shape index (κ1) is 33.9. The van der Waals surface area contributed by atoms with E-state index in [1.165, 1.54) is 41.3 Å². The second kappa shape index (κ2) is 14.2. The molecule has 3 heterocycles. The first-order valence-electron chi connectivity index (χ1n) is 15.4. The summed E-state index contributed by atoms with van der Waals surface area (Å²) in [7, 11) is 0. The van der Waals surface area contributed by atoms with Crippen LogP contribution in [0.25, 0.3) is 53.8 Å². The third-order valence-corrected chi connectivity index (χ3v) is 13.5. The summed E-state index contributed by atoms with van der Waals surface area (Å²) >= 11 is 0.138. The number of hydrogen-bond donors (Lipinski definition) is 0. The Kier molecular flexibility index (Phi) is 10.4. The Morgan fingerprint density at radius 1 is 0.696 bits per heavy atom. The second-order valence-corrected chi connectivity index (χ2v) is 25.1. The molecule has 0 bridgehead atoms. The normalized spacial score (nSPS) is 11.5. The molecule has 0 atom stereocenters. The summed E-state index contributed by atoms with van der Waals surface area (Å²) in [6.45, 7) is 6.70. The molecule has 0 aliphatic rings. The van der Waals surface area contributed by atoms with Gasteiger partial charge in [0.1, 0.15) is 0 Å². The molecule has 0 amide bonds. The molecular formula is C41H38GeIrN2S-2. The first-order valence-corrected chi connectivity index (χ1v) is 23.6. The van der Waals surface area contributed by atoms with Gasteiger partial charge in [0, 0.05) is 31.0 Å². The van der Waals surface area contributed by atoms with E-state index in [1.54, 1.807) is 0 Å². The minimum absolute atomic E-state index is 0. The molecule has 7 aromatic rings. The van der Waals surface area contributed by atoms with Crippen LogP contribution in [0, 0.1) is 12.1 Å². The van der Waals surface area contributed by atoms with Gasteiger partial charge in [-0.05, 0) is 44.0 Å². The van der Waals surface area contributed by atoms with Gasteiger partial charge in [-0.3, -0.25) is 0 Å². The molecule has 1 radical (unpaired) electrons. The summed E-state index contributed by atoms with van der Waals surface area (Å²) in [6, 6.07) is 44.8. The zero-order chi connectivity index (χ0) is 31.6. The molecule has 0 spiro atoms. The third-order valence-electron chi connectivity index (χ3n) is 8.03. The standard InChI is InChI=1S/C27H22NS.C14H16GeN.Ir/c1-27(2,3)20-14-15-28-24(17-20)19-12-13-22-23-11-7-10-21(18-8-5-4-6-9-18)26(23)29-25(22)16-19;1-15(2,3)13-9-10-14(16-11-13)12-7-5-4-6-8-12;/h4-11,13-17H,1-3H3;4-7,9-11H,1-3H3;/q2*-1;. The van der Waals surface area contributed by atoms with Crippen molar-refractivity contribution in [2.24, 2.45) is 0 Å². The van der Waals surface area contributed by atoms with Gasteiger partial charge in [-0.15, -0.1) is 23.8 Å². The zero-order valence-electron chi connectivity index (χ0n) is 27.2. The smallest absolute Gasteiger partial charge is 0 e. The number of fused-ring (bicyclic) bond motifs is 3. The molecule has 0 saturated heterocycles. The molecule has 4 aromatic carbocycles. The van der Waals surface area contributed by atoms with Crippen molar-refractivity contribution in [3.63, 3.8) is 0 Å². The van der Waals surface area contributed by atoms with E-state index in [-0.39, 0.29) is 25.5 Å². The van der Waals surface area contributed by atoms with Crippen LogP contribution in [0.15, 0.2) is 122 Å². The van der Waals surface area contributed by atoms with Crippen molar-refractivity contribution in [3.05, 3.63) is 139 Å². The summed E-state index contributed by atoms with van der Waals surface area (Å²) in [5, 5.41) is 2.56. The molecule has 0 N–H and O–H groups in total. The Balaban J connectivity index is 0.000000209. The van der Waals surface area contributed by atoms with Gasteiger partial charge in [-0.2, -0.15) is 11.3 Å². The molecule has 0 fully saturated rings. The maximum absolute atomic E-state index is 4.62. The van der Waals surface area contributed by atoms with Crippen LogP contribution in [0.2, 0.25) is 17.3 Å². The fraction of sp³-hybridized carbons (Fsp3) is 0.171. The van der Waals surface area contributed by atoms with Gasteiger partial charge in [0.25, 0.3) is 0 Å². The number of thiophene rings is 1. The molecule has 0 aliphatic carbocycles. The van der Waals surface area contributed by atoms with Crippen LogP contribution in [-0.2, 0) is 25.5 Å². The summed E-state index contributed by atoms with van der Waals surface area (Å²) < 4.78 is 4.05. The van der Waals surface area contributed by atoms with Crippen molar-refractivity contribution in [1.82, 2.24) is 9.97 Å². The number of nitrogens with zero attached hydrogens (tertiary/aromatic N) is 2. The zero-order valence-corrected chi connectivity index (χ0v) is 32.5. The van der Waals surface area contributed by atoms with Crippen LogP contribution in [0.1, 0.15) is 26.3 Å². The second-order valence-electron chi connectivity index (χ2n) is 13.4. The minimum Gasteiger partial charge on any atom is 0 e. The van der Waals surface area contributed by atoms with Gasteiger partial charge < -0.3 is 4.98 Å². The summed E-state index contributed by atoms with van der Waals surface area (Å²) in [6.07, 6.45) is 3.95. The predicted molar refractivity (Wildman–Crippen MR) is 197 cm³/mol. The fourth-order valence-corrected chi connectivity index (χ4v) is 8.75. The molecule has 5 heteroatoms. The van der Waals surface area contributed by atoms with Gasteiger partial charge in [0.15, 0.2) is 0 Å². The van der Waals surface area contributed by atoms with E-state index in [4.69, 9.17) is 0 Å². The van der Waals surface area contributed by atoms with Crippen LogP contribution >= 0.6 is 11.3 Å². The van der Waals surface area contributed by atoms with Crippen molar-refractivity contribution in [2.75, 3.05) is 0 Å². The SMILES string of the molecule is CC(C)(C)c1ccnc(-c2[c-]cc3c(c2)sc2c(-c4ccccc4)cccc23)c1.[CH3][Ge]([CH3])([CH3])[c]1ccc(-c2[c-]cccc2)nc1.[Ir]. The monoisotopic (exact) mass is 857 g/mol. The van der Waals surface area contributed by atoms with Crippen LogP contribution < -0.4 is 4.40 Å². The van der Waals surface area contributed by atoms with E-state index >= 15 is 0 Å². The molecule has 46 heavy (non-hydrogen) atoms. The van der Waals surface area contributed by atoms with Crippen LogP contribution in [-0.4, -0.2) is 23.2 Å². The quantitative estimate of drug-likeness (QED) is 0.130. The Labute approximate surface area is 293 Å². The number of rotatable bonds is 4. The fourth-order valence-electron chi connectivity index (χ4n) is 5.32. The molecule has 0 saturated carbocycles. The number of benzene rings is 4.